The van der Waals surface area contributed by atoms with Crippen molar-refractivity contribution in [1.29, 1.82) is 0 Å². The standard InChI is InChI=1S/C24H16N2.2C6H11O2.2BrH.Sn/c1-3-7-17(8-4-1)19-13-15-25-23-21(19)11-12-22-20(14-16-26-24(22)23)18-9-5-2-6-10-18;2*1-3-4-5-8-6(2)7;;;/h1-16H;2*2-5H2,1H3;2*1H;/q;;;;;+2/p-2. The first kappa shape index (κ1) is 35.0. The van der Waals surface area contributed by atoms with Crippen molar-refractivity contribution in [2.75, 3.05) is 13.2 Å². The minimum atomic E-state index is -3.04. The zero-order chi connectivity index (χ0) is 32.1. The molecule has 0 spiro atoms. The molecule has 0 amide bonds. The molecule has 0 bridgehead atoms. The number of unbranched alkanes of at least 4 members (excludes halogenated alkanes) is 2. The molecule has 5 rings (SSSR count). The summed E-state index contributed by atoms with van der Waals surface area (Å²) in [4.78, 5) is 32.5. The van der Waals surface area contributed by atoms with Crippen molar-refractivity contribution in [3.63, 3.8) is 0 Å². The summed E-state index contributed by atoms with van der Waals surface area (Å²) >= 11 is 4.02. The normalized spacial score (nSPS) is 11.1. The average Bonchev–Trinajstić information content (AvgIpc) is 3.05. The molecule has 0 saturated carbocycles. The molecule has 234 valence electrons. The van der Waals surface area contributed by atoms with Gasteiger partial charge in [-0.15, -0.1) is 0 Å². The van der Waals surface area contributed by atoms with Gasteiger partial charge in [0.1, 0.15) is 0 Å². The summed E-state index contributed by atoms with van der Waals surface area (Å²) < 4.78 is 10.8. The molecule has 9 heteroatoms. The Hall–Kier alpha value is -2.82. The number of hydrogen-bond donors (Lipinski definition) is 0. The van der Waals surface area contributed by atoms with Gasteiger partial charge in [-0.3, -0.25) is 9.97 Å². The summed E-state index contributed by atoms with van der Waals surface area (Å²) in [6, 6.07) is 29.3. The minimum absolute atomic E-state index is 0.237. The van der Waals surface area contributed by atoms with E-state index in [2.05, 4.69) is 108 Å². The molecule has 0 fully saturated rings. The van der Waals surface area contributed by atoms with Gasteiger partial charge in [0, 0.05) is 23.2 Å². The third-order valence-electron chi connectivity index (χ3n) is 7.12. The summed E-state index contributed by atoms with van der Waals surface area (Å²) in [5.41, 5.74) is 6.65. The van der Waals surface area contributed by atoms with Crippen molar-refractivity contribution in [3.05, 3.63) is 97.3 Å². The molecule has 3 aromatic carbocycles. The Morgan fingerprint density at radius 2 is 1.02 bits per heavy atom. The quantitative estimate of drug-likeness (QED) is 0.0539. The maximum absolute atomic E-state index is 11.6. The number of carbonyl (C=O) groups is 2. The number of esters is 2. The number of carbonyl (C=O) groups excluding carboxylic acids is 2. The van der Waals surface area contributed by atoms with Crippen LogP contribution in [0.2, 0.25) is 8.87 Å². The van der Waals surface area contributed by atoms with Crippen LogP contribution in [-0.4, -0.2) is 49.1 Å². The predicted octanol–water partition coefficient (Wildman–Crippen LogP) is 10.0. The molecule has 0 aliphatic heterocycles. The van der Waals surface area contributed by atoms with Crippen molar-refractivity contribution in [2.24, 2.45) is 0 Å². The van der Waals surface area contributed by atoms with Crippen LogP contribution < -0.4 is 0 Å². The van der Waals surface area contributed by atoms with Gasteiger partial charge < -0.3 is 0 Å². The van der Waals surface area contributed by atoms with Gasteiger partial charge in [-0.05, 0) is 34.4 Å². The van der Waals surface area contributed by atoms with Crippen LogP contribution >= 0.6 is 25.4 Å². The second-order valence-corrected chi connectivity index (χ2v) is 45.1. The number of nitrogens with zero attached hydrogens (tertiary/aromatic N) is 2. The number of ether oxygens (including phenoxy) is 2. The first-order valence-electron chi connectivity index (χ1n) is 15.3. The number of benzene rings is 3. The average molecular weight is 841 g/mol. The summed E-state index contributed by atoms with van der Waals surface area (Å²) in [5.74, 6) is -0.473. The number of pyridine rings is 2. The van der Waals surface area contributed by atoms with Gasteiger partial charge in [-0.25, -0.2) is 0 Å². The van der Waals surface area contributed by atoms with Gasteiger partial charge in [-0.1, -0.05) is 72.8 Å². The van der Waals surface area contributed by atoms with E-state index in [0.717, 1.165) is 47.5 Å². The van der Waals surface area contributed by atoms with E-state index in [-0.39, 0.29) is 11.9 Å². The van der Waals surface area contributed by atoms with E-state index in [4.69, 9.17) is 9.47 Å². The number of rotatable bonds is 12. The van der Waals surface area contributed by atoms with E-state index >= 15 is 0 Å². The monoisotopic (exact) mass is 840 g/mol. The van der Waals surface area contributed by atoms with E-state index in [0.29, 0.717) is 22.1 Å². The molecule has 0 aliphatic rings. The fourth-order valence-electron chi connectivity index (χ4n) is 4.81. The Morgan fingerprint density at radius 3 is 1.40 bits per heavy atom. The molecular weight excluding hydrogens is 803 g/mol. The van der Waals surface area contributed by atoms with Gasteiger partial charge in [0.15, 0.2) is 0 Å². The third-order valence-corrected chi connectivity index (χ3v) is 19.2. The number of hydrogen-bond acceptors (Lipinski definition) is 6. The summed E-state index contributed by atoms with van der Waals surface area (Å²) in [5, 5.41) is 2.26. The first-order valence-corrected chi connectivity index (χ1v) is 32.1. The van der Waals surface area contributed by atoms with E-state index < -0.39 is 13.9 Å². The molecule has 0 aliphatic carbocycles. The molecule has 0 N–H and O–H groups in total. The van der Waals surface area contributed by atoms with E-state index in [9.17, 15) is 9.59 Å². The van der Waals surface area contributed by atoms with E-state index in [1.54, 1.807) is 0 Å². The molecule has 0 atom stereocenters. The Balaban J connectivity index is 0.000000218. The van der Waals surface area contributed by atoms with Gasteiger partial charge in [0.25, 0.3) is 0 Å². The van der Waals surface area contributed by atoms with Crippen molar-refractivity contribution >= 4 is 73.1 Å². The van der Waals surface area contributed by atoms with Crippen LogP contribution in [-0.2, 0) is 19.1 Å². The maximum Gasteiger partial charge on any atom is 0.0970 e. The van der Waals surface area contributed by atoms with Crippen molar-refractivity contribution in [2.45, 2.75) is 48.4 Å². The van der Waals surface area contributed by atoms with Gasteiger partial charge in [0.2, 0.25) is 0 Å². The zero-order valence-electron chi connectivity index (χ0n) is 25.7. The molecule has 2 aromatic heterocycles. The Kier molecular flexibility index (Phi) is 13.8. The molecule has 0 unspecified atom stereocenters. The van der Waals surface area contributed by atoms with Crippen molar-refractivity contribution < 1.29 is 19.1 Å². The predicted molar refractivity (Wildman–Crippen MR) is 193 cm³/mol. The molecule has 2 heterocycles. The Morgan fingerprint density at radius 1 is 0.622 bits per heavy atom. The minimum Gasteiger partial charge on any atom is -0.254 e. The smallest absolute Gasteiger partial charge is 0.0970 e. The molecule has 45 heavy (non-hydrogen) atoms. The number of halogens is 2. The maximum atomic E-state index is 11.6. The van der Waals surface area contributed by atoms with Crippen LogP contribution in [0.15, 0.2) is 97.3 Å². The van der Waals surface area contributed by atoms with Crippen LogP contribution in [0.25, 0.3) is 44.1 Å². The third kappa shape index (κ3) is 10.3. The summed E-state index contributed by atoms with van der Waals surface area (Å²) in [6.07, 6.45) is 7.49. The topological polar surface area (TPSA) is 78.4 Å². The summed E-state index contributed by atoms with van der Waals surface area (Å²) in [6.45, 7) is 4.99. The molecule has 6 nitrogen and oxygen atoms in total. The molecular formula is C36H38Br2N2O4Sn. The molecule has 0 radical (unpaired) electrons. The fraction of sp³-hybridized carbons (Fsp3) is 0.278. The molecule has 5 aromatic rings. The number of aromatic nitrogens is 2. The Bertz CT molecular complexity index is 1580. The van der Waals surface area contributed by atoms with Gasteiger partial charge in [-0.2, -0.15) is 0 Å². The molecule has 0 saturated heterocycles. The largest absolute Gasteiger partial charge is 0.254 e. The zero-order valence-corrected chi connectivity index (χ0v) is 31.7. The van der Waals surface area contributed by atoms with Crippen LogP contribution in [0.1, 0.15) is 39.5 Å². The number of fused-ring (bicyclic) bond motifs is 3. The van der Waals surface area contributed by atoms with E-state index in [1.807, 2.05) is 38.4 Å². The van der Waals surface area contributed by atoms with Crippen LogP contribution in [0.4, 0.5) is 0 Å². The van der Waals surface area contributed by atoms with Crippen molar-refractivity contribution in [3.8, 4) is 22.3 Å². The fourth-order valence-corrected chi connectivity index (χ4v) is 14.3. The first-order chi connectivity index (χ1) is 21.8. The van der Waals surface area contributed by atoms with E-state index in [1.165, 1.54) is 22.3 Å². The Labute approximate surface area is 281 Å². The van der Waals surface area contributed by atoms with Crippen LogP contribution in [0, 0.1) is 0 Å². The van der Waals surface area contributed by atoms with Gasteiger partial charge in [0.05, 0.1) is 11.0 Å². The van der Waals surface area contributed by atoms with Crippen LogP contribution in [0.5, 0.6) is 0 Å². The summed E-state index contributed by atoms with van der Waals surface area (Å²) in [7, 11) is 0. The second kappa shape index (κ2) is 17.8. The van der Waals surface area contributed by atoms with Gasteiger partial charge >= 0.3 is 132 Å². The second-order valence-electron chi connectivity index (χ2n) is 10.7. The SMILES string of the molecule is CCCCOC(=O)[CH2][Sn]([Br])([Br])[CH2]C(=O)OCCCC.c1ccc(-c2ccnc3c2ccc2c(-c4ccccc4)ccnc23)cc1. The van der Waals surface area contributed by atoms with Crippen LogP contribution in [0.3, 0.4) is 0 Å². The van der Waals surface area contributed by atoms with Crippen molar-refractivity contribution in [1.82, 2.24) is 9.97 Å².